The topological polar surface area (TPSA) is 70.7 Å². The van der Waals surface area contributed by atoms with E-state index in [4.69, 9.17) is 4.74 Å². The Morgan fingerprint density at radius 2 is 1.57 bits per heavy atom. The van der Waals surface area contributed by atoms with Crippen LogP contribution in [-0.2, 0) is 4.79 Å². The van der Waals surface area contributed by atoms with Crippen LogP contribution in [0.1, 0.15) is 17.3 Å². The molecule has 3 aromatic rings. The first-order chi connectivity index (χ1) is 14.6. The van der Waals surface area contributed by atoms with Crippen LogP contribution in [0.15, 0.2) is 78.9 Å². The van der Waals surface area contributed by atoms with Gasteiger partial charge in [-0.3, -0.25) is 9.59 Å². The molecule has 0 aliphatic heterocycles. The van der Waals surface area contributed by atoms with Crippen LogP contribution in [0.5, 0.6) is 5.75 Å². The molecule has 6 nitrogen and oxygen atoms in total. The largest absolute Gasteiger partial charge is 0.495 e. The van der Waals surface area contributed by atoms with Crippen LogP contribution in [0.2, 0.25) is 0 Å². The molecule has 0 unspecified atom stereocenters. The van der Waals surface area contributed by atoms with Crippen molar-refractivity contribution in [3.63, 3.8) is 0 Å². The second-order valence-electron chi connectivity index (χ2n) is 6.56. The number of carbonyl (C=O) groups is 2. The van der Waals surface area contributed by atoms with Crippen LogP contribution in [0.25, 0.3) is 0 Å². The number of methoxy groups -OCH3 is 1. The Hall–Kier alpha value is -3.80. The third-order valence-corrected chi connectivity index (χ3v) is 4.59. The Balaban J connectivity index is 1.60. The first-order valence-electron chi connectivity index (χ1n) is 9.76. The molecule has 0 atom stereocenters. The smallest absolute Gasteiger partial charge is 0.258 e. The van der Waals surface area contributed by atoms with Crippen molar-refractivity contribution in [2.45, 2.75) is 6.92 Å². The highest BCUT2D eigenvalue weighted by Crippen LogP contribution is 2.23. The molecule has 30 heavy (non-hydrogen) atoms. The standard InChI is InChI=1S/C24H25N3O3/c1-3-27(20-9-5-4-6-10-20)24(29)18-13-15-19(16-14-18)26-23(28)17-25-21-11-7-8-12-22(21)30-2/h4-16,25H,3,17H2,1-2H3,(H,26,28). The number of nitrogens with one attached hydrogen (secondary N) is 2. The minimum Gasteiger partial charge on any atom is -0.495 e. The van der Waals surface area contributed by atoms with Gasteiger partial charge in [0.25, 0.3) is 5.91 Å². The Labute approximate surface area is 176 Å². The Morgan fingerprint density at radius 3 is 2.23 bits per heavy atom. The maximum absolute atomic E-state index is 12.8. The van der Waals surface area contributed by atoms with Gasteiger partial charge in [0.05, 0.1) is 19.3 Å². The van der Waals surface area contributed by atoms with Crippen LogP contribution >= 0.6 is 0 Å². The van der Waals surface area contributed by atoms with Gasteiger partial charge in [-0.15, -0.1) is 0 Å². The van der Waals surface area contributed by atoms with Crippen molar-refractivity contribution in [1.82, 2.24) is 0 Å². The summed E-state index contributed by atoms with van der Waals surface area (Å²) in [5.41, 5.74) is 2.79. The van der Waals surface area contributed by atoms with Crippen molar-refractivity contribution in [3.05, 3.63) is 84.4 Å². The predicted octanol–water partition coefficient (Wildman–Crippen LogP) is 4.41. The Kier molecular flexibility index (Phi) is 7.05. The molecule has 154 valence electrons. The summed E-state index contributed by atoms with van der Waals surface area (Å²) in [6, 6.07) is 23.8. The maximum Gasteiger partial charge on any atom is 0.258 e. The van der Waals surface area contributed by atoms with E-state index in [0.717, 1.165) is 11.4 Å². The molecular weight excluding hydrogens is 378 g/mol. The molecule has 3 rings (SSSR count). The summed E-state index contributed by atoms with van der Waals surface area (Å²) in [5, 5.41) is 5.88. The lowest BCUT2D eigenvalue weighted by Crippen LogP contribution is -2.30. The van der Waals surface area contributed by atoms with Crippen molar-refractivity contribution >= 4 is 28.9 Å². The van der Waals surface area contributed by atoms with Crippen molar-refractivity contribution in [2.24, 2.45) is 0 Å². The molecule has 0 aromatic heterocycles. The fourth-order valence-electron chi connectivity index (χ4n) is 3.07. The maximum atomic E-state index is 12.8. The molecule has 0 aliphatic carbocycles. The molecular formula is C24H25N3O3. The number of carbonyl (C=O) groups excluding carboxylic acids is 2. The summed E-state index contributed by atoms with van der Waals surface area (Å²) in [7, 11) is 1.58. The van der Waals surface area contributed by atoms with Gasteiger partial charge in [0.2, 0.25) is 5.91 Å². The highest BCUT2D eigenvalue weighted by atomic mass is 16.5. The average molecular weight is 403 g/mol. The van der Waals surface area contributed by atoms with E-state index in [1.54, 1.807) is 36.3 Å². The zero-order chi connectivity index (χ0) is 21.3. The Morgan fingerprint density at radius 1 is 0.900 bits per heavy atom. The minimum atomic E-state index is -0.195. The number of benzene rings is 3. The van der Waals surface area contributed by atoms with Crippen molar-refractivity contribution in [2.75, 3.05) is 35.7 Å². The van der Waals surface area contributed by atoms with Gasteiger partial charge in [-0.05, 0) is 55.5 Å². The van der Waals surface area contributed by atoms with Crippen molar-refractivity contribution in [1.29, 1.82) is 0 Å². The van der Waals surface area contributed by atoms with Crippen LogP contribution in [0.3, 0.4) is 0 Å². The molecule has 3 aromatic carbocycles. The summed E-state index contributed by atoms with van der Waals surface area (Å²) in [6.07, 6.45) is 0. The number of anilines is 3. The van der Waals surface area contributed by atoms with Crippen LogP contribution in [0, 0.1) is 0 Å². The fourth-order valence-corrected chi connectivity index (χ4v) is 3.07. The van der Waals surface area contributed by atoms with Gasteiger partial charge in [-0.2, -0.15) is 0 Å². The van der Waals surface area contributed by atoms with Crippen LogP contribution in [0.4, 0.5) is 17.1 Å². The molecule has 0 bridgehead atoms. The summed E-state index contributed by atoms with van der Waals surface area (Å²) in [6.45, 7) is 2.60. The van der Waals surface area contributed by atoms with E-state index in [0.29, 0.717) is 23.5 Å². The van der Waals surface area contributed by atoms with Gasteiger partial charge in [0, 0.05) is 23.5 Å². The second-order valence-corrected chi connectivity index (χ2v) is 6.56. The predicted molar refractivity (Wildman–Crippen MR) is 120 cm³/mol. The summed E-state index contributed by atoms with van der Waals surface area (Å²) in [5.74, 6) is 0.394. The van der Waals surface area contributed by atoms with Crippen LogP contribution < -0.4 is 20.3 Å². The van der Waals surface area contributed by atoms with E-state index in [1.807, 2.05) is 61.5 Å². The molecule has 2 amide bonds. The van der Waals surface area contributed by atoms with Gasteiger partial charge >= 0.3 is 0 Å². The van der Waals surface area contributed by atoms with E-state index in [-0.39, 0.29) is 18.4 Å². The Bertz CT molecular complexity index is 988. The van der Waals surface area contributed by atoms with E-state index in [1.165, 1.54) is 0 Å². The number of para-hydroxylation sites is 3. The minimum absolute atomic E-state index is 0.0839. The fraction of sp³-hybridized carbons (Fsp3) is 0.167. The second kappa shape index (κ2) is 10.1. The number of hydrogen-bond acceptors (Lipinski definition) is 4. The third-order valence-electron chi connectivity index (χ3n) is 4.59. The zero-order valence-corrected chi connectivity index (χ0v) is 17.1. The highest BCUT2D eigenvalue weighted by molar-refractivity contribution is 6.06. The number of ether oxygens (including phenoxy) is 1. The molecule has 0 spiro atoms. The average Bonchev–Trinajstić information content (AvgIpc) is 2.79. The molecule has 0 saturated heterocycles. The SMILES string of the molecule is CCN(C(=O)c1ccc(NC(=O)CNc2ccccc2OC)cc1)c1ccccc1. The molecule has 6 heteroatoms. The van der Waals surface area contributed by atoms with Gasteiger partial charge < -0.3 is 20.3 Å². The normalized spacial score (nSPS) is 10.2. The number of rotatable bonds is 8. The lowest BCUT2D eigenvalue weighted by Gasteiger charge is -2.21. The van der Waals surface area contributed by atoms with Crippen molar-refractivity contribution < 1.29 is 14.3 Å². The lowest BCUT2D eigenvalue weighted by atomic mass is 10.1. The van der Waals surface area contributed by atoms with E-state index in [2.05, 4.69) is 10.6 Å². The molecule has 0 fully saturated rings. The van der Waals surface area contributed by atoms with Gasteiger partial charge in [0.15, 0.2) is 0 Å². The van der Waals surface area contributed by atoms with E-state index in [9.17, 15) is 9.59 Å². The first-order valence-corrected chi connectivity index (χ1v) is 9.76. The number of nitrogens with zero attached hydrogens (tertiary/aromatic N) is 1. The first kappa shape index (κ1) is 20.9. The molecule has 0 saturated carbocycles. The van der Waals surface area contributed by atoms with Crippen LogP contribution in [-0.4, -0.2) is 32.0 Å². The monoisotopic (exact) mass is 403 g/mol. The van der Waals surface area contributed by atoms with Gasteiger partial charge in [0.1, 0.15) is 5.75 Å². The molecule has 0 aliphatic rings. The molecule has 2 N–H and O–H groups in total. The summed E-state index contributed by atoms with van der Waals surface area (Å²) in [4.78, 5) is 26.8. The molecule has 0 heterocycles. The number of hydrogen-bond donors (Lipinski definition) is 2. The summed E-state index contributed by atoms with van der Waals surface area (Å²) >= 11 is 0. The highest BCUT2D eigenvalue weighted by Gasteiger charge is 2.16. The third kappa shape index (κ3) is 5.17. The quantitative estimate of drug-likeness (QED) is 0.584. The zero-order valence-electron chi connectivity index (χ0n) is 17.1. The van der Waals surface area contributed by atoms with E-state index >= 15 is 0 Å². The molecule has 0 radical (unpaired) electrons. The number of amides is 2. The van der Waals surface area contributed by atoms with Crippen molar-refractivity contribution in [3.8, 4) is 5.75 Å². The van der Waals surface area contributed by atoms with Gasteiger partial charge in [-0.1, -0.05) is 30.3 Å². The van der Waals surface area contributed by atoms with E-state index < -0.39 is 0 Å². The summed E-state index contributed by atoms with van der Waals surface area (Å²) < 4.78 is 5.26. The van der Waals surface area contributed by atoms with Gasteiger partial charge in [-0.25, -0.2) is 0 Å². The lowest BCUT2D eigenvalue weighted by molar-refractivity contribution is -0.114.